The Bertz CT molecular complexity index is 437. The van der Waals surface area contributed by atoms with Gasteiger partial charge in [0, 0.05) is 6.20 Å². The molecule has 0 fully saturated rings. The monoisotopic (exact) mass is 218 g/mol. The van der Waals surface area contributed by atoms with Crippen LogP contribution in [0.25, 0.3) is 0 Å². The molecule has 0 aromatic heterocycles. The van der Waals surface area contributed by atoms with Gasteiger partial charge in [0.1, 0.15) is 17.7 Å². The van der Waals surface area contributed by atoms with E-state index >= 15 is 0 Å². The normalized spacial score (nSPS) is 8.20. The van der Waals surface area contributed by atoms with Crippen LogP contribution in [-0.2, 0) is 0 Å². The van der Waals surface area contributed by atoms with E-state index in [1.807, 2.05) is 6.07 Å². The predicted molar refractivity (Wildman–Crippen MR) is 57.5 cm³/mol. The lowest BCUT2D eigenvalue weighted by molar-refractivity contribution is 1.05. The van der Waals surface area contributed by atoms with E-state index < -0.39 is 0 Å². The van der Waals surface area contributed by atoms with Crippen LogP contribution in [0.3, 0.4) is 0 Å². The van der Waals surface area contributed by atoms with Crippen molar-refractivity contribution in [3.05, 3.63) is 41.1 Å². The Kier molecular flexibility index (Phi) is 4.03. The summed E-state index contributed by atoms with van der Waals surface area (Å²) in [5.74, 6) is 0. The largest absolute Gasteiger partial charge is 0.306 e. The number of nitriles is 2. The zero-order chi connectivity index (χ0) is 11.1. The Labute approximate surface area is 92.4 Å². The van der Waals surface area contributed by atoms with Gasteiger partial charge < -0.3 is 5.43 Å². The molecule has 0 spiro atoms. The third-order valence-corrected chi connectivity index (χ3v) is 1.87. The Balaban J connectivity index is 2.60. The van der Waals surface area contributed by atoms with Gasteiger partial charge in [0.2, 0.25) is 0 Å². The van der Waals surface area contributed by atoms with Gasteiger partial charge in [-0.05, 0) is 12.1 Å². The van der Waals surface area contributed by atoms with Gasteiger partial charge >= 0.3 is 0 Å². The summed E-state index contributed by atoms with van der Waals surface area (Å²) in [6.45, 7) is 0. The van der Waals surface area contributed by atoms with Crippen LogP contribution in [-0.4, -0.2) is 0 Å². The molecule has 0 aliphatic heterocycles. The first-order chi connectivity index (χ1) is 7.27. The second kappa shape index (κ2) is 5.54. The molecular weight excluding hydrogens is 212 g/mol. The minimum Gasteiger partial charge on any atom is -0.306 e. The molecular formula is C10H7ClN4. The molecule has 0 heterocycles. The standard InChI is InChI=1S/C10H7ClN4/c11-9-3-1-2-4-10(9)15-14-7-8(5-12)6-13/h1-4,7,14-15H. The number of allylic oxidation sites excluding steroid dienone is 1. The van der Waals surface area contributed by atoms with Crippen LogP contribution in [0.2, 0.25) is 5.02 Å². The molecule has 2 N–H and O–H groups in total. The summed E-state index contributed by atoms with van der Waals surface area (Å²) in [4.78, 5) is 0. The average Bonchev–Trinajstić information content (AvgIpc) is 2.27. The molecule has 74 valence electrons. The van der Waals surface area contributed by atoms with Crippen LogP contribution in [0, 0.1) is 22.7 Å². The second-order valence-electron chi connectivity index (χ2n) is 2.53. The van der Waals surface area contributed by atoms with E-state index in [1.54, 1.807) is 30.3 Å². The number of hydrogen-bond donors (Lipinski definition) is 2. The summed E-state index contributed by atoms with van der Waals surface area (Å²) in [5.41, 5.74) is 6.01. The lowest BCUT2D eigenvalue weighted by Gasteiger charge is -2.06. The fraction of sp³-hybridized carbons (Fsp3) is 0. The van der Waals surface area contributed by atoms with Gasteiger partial charge in [0.25, 0.3) is 0 Å². The van der Waals surface area contributed by atoms with Crippen LogP contribution in [0.15, 0.2) is 36.0 Å². The van der Waals surface area contributed by atoms with Crippen molar-refractivity contribution >= 4 is 17.3 Å². The molecule has 4 nitrogen and oxygen atoms in total. The third-order valence-electron chi connectivity index (χ3n) is 1.54. The zero-order valence-electron chi connectivity index (χ0n) is 7.66. The van der Waals surface area contributed by atoms with Gasteiger partial charge in [0.05, 0.1) is 10.7 Å². The fourth-order valence-corrected chi connectivity index (χ4v) is 1.02. The SMILES string of the molecule is N#CC(C#N)=CNNc1ccccc1Cl. The van der Waals surface area contributed by atoms with E-state index in [2.05, 4.69) is 10.9 Å². The molecule has 0 aliphatic carbocycles. The first kappa shape index (κ1) is 10.9. The minimum atomic E-state index is -0.0189. The smallest absolute Gasteiger partial charge is 0.147 e. The van der Waals surface area contributed by atoms with Crippen LogP contribution < -0.4 is 10.9 Å². The predicted octanol–water partition coefficient (Wildman–Crippen LogP) is 2.19. The van der Waals surface area contributed by atoms with Crippen LogP contribution in [0.1, 0.15) is 0 Å². The van der Waals surface area contributed by atoms with Gasteiger partial charge in [-0.3, -0.25) is 5.43 Å². The molecule has 15 heavy (non-hydrogen) atoms. The number of halogens is 1. The molecule has 0 saturated heterocycles. The van der Waals surface area contributed by atoms with Crippen molar-refractivity contribution < 1.29 is 0 Å². The molecule has 0 bridgehead atoms. The van der Waals surface area contributed by atoms with E-state index in [4.69, 9.17) is 22.1 Å². The maximum absolute atomic E-state index is 8.44. The van der Waals surface area contributed by atoms with E-state index in [1.165, 1.54) is 6.20 Å². The summed E-state index contributed by atoms with van der Waals surface area (Å²) in [7, 11) is 0. The number of benzene rings is 1. The Morgan fingerprint density at radius 2 is 1.93 bits per heavy atom. The maximum atomic E-state index is 8.44. The molecule has 1 rings (SSSR count). The van der Waals surface area contributed by atoms with E-state index in [0.29, 0.717) is 10.7 Å². The van der Waals surface area contributed by atoms with Crippen molar-refractivity contribution in [2.45, 2.75) is 0 Å². The number of para-hydroxylation sites is 1. The van der Waals surface area contributed by atoms with Crippen molar-refractivity contribution in [1.82, 2.24) is 5.43 Å². The second-order valence-corrected chi connectivity index (χ2v) is 2.94. The zero-order valence-corrected chi connectivity index (χ0v) is 8.42. The van der Waals surface area contributed by atoms with Crippen molar-refractivity contribution in [2.75, 3.05) is 5.43 Å². The van der Waals surface area contributed by atoms with Gasteiger partial charge in [-0.25, -0.2) is 0 Å². The van der Waals surface area contributed by atoms with Crippen molar-refractivity contribution in [3.63, 3.8) is 0 Å². The van der Waals surface area contributed by atoms with E-state index in [9.17, 15) is 0 Å². The molecule has 0 aliphatic rings. The first-order valence-corrected chi connectivity index (χ1v) is 4.42. The summed E-state index contributed by atoms with van der Waals surface area (Å²) < 4.78 is 0. The van der Waals surface area contributed by atoms with Crippen molar-refractivity contribution in [2.24, 2.45) is 0 Å². The van der Waals surface area contributed by atoms with Gasteiger partial charge in [0.15, 0.2) is 0 Å². The van der Waals surface area contributed by atoms with Gasteiger partial charge in [-0.2, -0.15) is 10.5 Å². The minimum absolute atomic E-state index is 0.0189. The Hall–Kier alpha value is -2.17. The highest BCUT2D eigenvalue weighted by Crippen LogP contribution is 2.19. The highest BCUT2D eigenvalue weighted by atomic mass is 35.5. The summed E-state index contributed by atoms with van der Waals surface area (Å²) in [5, 5.41) is 17.4. The Morgan fingerprint density at radius 1 is 1.27 bits per heavy atom. The summed E-state index contributed by atoms with van der Waals surface area (Å²) in [6.07, 6.45) is 1.27. The summed E-state index contributed by atoms with van der Waals surface area (Å²) in [6, 6.07) is 10.5. The fourth-order valence-electron chi connectivity index (χ4n) is 0.838. The van der Waals surface area contributed by atoms with Gasteiger partial charge in [-0.1, -0.05) is 23.7 Å². The van der Waals surface area contributed by atoms with E-state index in [0.717, 1.165) is 0 Å². The summed E-state index contributed by atoms with van der Waals surface area (Å²) >= 11 is 5.85. The van der Waals surface area contributed by atoms with Crippen molar-refractivity contribution in [1.29, 1.82) is 10.5 Å². The van der Waals surface area contributed by atoms with Gasteiger partial charge in [-0.15, -0.1) is 0 Å². The highest BCUT2D eigenvalue weighted by molar-refractivity contribution is 6.33. The number of nitrogens with one attached hydrogen (secondary N) is 2. The number of hydrogen-bond acceptors (Lipinski definition) is 4. The molecule has 5 heteroatoms. The number of hydrazine groups is 1. The lowest BCUT2D eigenvalue weighted by atomic mass is 10.3. The quantitative estimate of drug-likeness (QED) is 0.603. The number of rotatable bonds is 3. The molecule has 0 unspecified atom stereocenters. The maximum Gasteiger partial charge on any atom is 0.147 e. The molecule has 0 amide bonds. The highest BCUT2D eigenvalue weighted by Gasteiger charge is 1.95. The Morgan fingerprint density at radius 3 is 2.53 bits per heavy atom. The molecule has 1 aromatic rings. The van der Waals surface area contributed by atoms with Crippen LogP contribution >= 0.6 is 11.6 Å². The first-order valence-electron chi connectivity index (χ1n) is 4.04. The van der Waals surface area contributed by atoms with Crippen LogP contribution in [0.5, 0.6) is 0 Å². The molecule has 0 radical (unpaired) electrons. The third kappa shape index (κ3) is 3.22. The van der Waals surface area contributed by atoms with Crippen LogP contribution in [0.4, 0.5) is 5.69 Å². The number of anilines is 1. The number of nitrogens with zero attached hydrogens (tertiary/aromatic N) is 2. The molecule has 1 aromatic carbocycles. The lowest BCUT2D eigenvalue weighted by Crippen LogP contribution is -2.15. The molecule has 0 atom stereocenters. The topological polar surface area (TPSA) is 71.6 Å². The van der Waals surface area contributed by atoms with E-state index in [-0.39, 0.29) is 5.57 Å². The van der Waals surface area contributed by atoms with Crippen molar-refractivity contribution in [3.8, 4) is 12.1 Å². The molecule has 0 saturated carbocycles. The average molecular weight is 219 g/mol.